The molecule has 68 valence electrons. The maximum absolute atomic E-state index is 5.45. The molecule has 0 spiro atoms. The average Bonchev–Trinajstić information content (AvgIpc) is 2.61. The summed E-state index contributed by atoms with van der Waals surface area (Å²) >= 11 is 0. The zero-order chi connectivity index (χ0) is 9.38. The Morgan fingerprint density at radius 3 is 3.07 bits per heavy atom. The van der Waals surface area contributed by atoms with Gasteiger partial charge in [-0.2, -0.15) is 5.10 Å². The van der Waals surface area contributed by atoms with E-state index >= 15 is 0 Å². The highest BCUT2D eigenvalue weighted by Gasteiger charge is 2.12. The zero-order valence-corrected chi connectivity index (χ0v) is 7.40. The SMILES string of the molecule is C1=Cc2n[nH]cc2-c2ccccc2O1. The molecule has 1 aromatic carbocycles. The van der Waals surface area contributed by atoms with Crippen molar-refractivity contribution in [3.63, 3.8) is 0 Å². The smallest absolute Gasteiger partial charge is 0.134 e. The summed E-state index contributed by atoms with van der Waals surface area (Å²) in [5.41, 5.74) is 3.06. The second-order valence-corrected chi connectivity index (χ2v) is 3.10. The van der Waals surface area contributed by atoms with Gasteiger partial charge in [-0.15, -0.1) is 0 Å². The first kappa shape index (κ1) is 7.38. The van der Waals surface area contributed by atoms with E-state index in [-0.39, 0.29) is 0 Å². The molecule has 0 radical (unpaired) electrons. The highest BCUT2D eigenvalue weighted by atomic mass is 16.5. The Balaban J connectivity index is 2.33. The highest BCUT2D eigenvalue weighted by molar-refractivity contribution is 5.78. The molecule has 0 atom stereocenters. The van der Waals surface area contributed by atoms with Crippen LogP contribution in [0.15, 0.2) is 36.7 Å². The summed E-state index contributed by atoms with van der Waals surface area (Å²) in [6, 6.07) is 7.92. The van der Waals surface area contributed by atoms with Gasteiger partial charge in [-0.25, -0.2) is 0 Å². The van der Waals surface area contributed by atoms with Gasteiger partial charge in [0.25, 0.3) is 0 Å². The monoisotopic (exact) mass is 184 g/mol. The van der Waals surface area contributed by atoms with Crippen molar-refractivity contribution in [1.82, 2.24) is 10.2 Å². The lowest BCUT2D eigenvalue weighted by atomic mass is 10.1. The molecule has 0 bridgehead atoms. The number of benzene rings is 1. The Labute approximate surface area is 81.0 Å². The lowest BCUT2D eigenvalue weighted by molar-refractivity contribution is 0.488. The number of fused-ring (bicyclic) bond motifs is 3. The number of nitrogens with one attached hydrogen (secondary N) is 1. The van der Waals surface area contributed by atoms with Crippen LogP contribution in [0, 0.1) is 0 Å². The van der Waals surface area contributed by atoms with Crippen LogP contribution in [0.2, 0.25) is 0 Å². The fourth-order valence-corrected chi connectivity index (χ4v) is 1.61. The zero-order valence-electron chi connectivity index (χ0n) is 7.40. The molecular formula is C11H8N2O. The molecule has 3 heteroatoms. The normalized spacial score (nSPS) is 12.6. The van der Waals surface area contributed by atoms with E-state index in [2.05, 4.69) is 10.2 Å². The van der Waals surface area contributed by atoms with Crippen LogP contribution in [-0.2, 0) is 0 Å². The van der Waals surface area contributed by atoms with Gasteiger partial charge in [0, 0.05) is 23.4 Å². The van der Waals surface area contributed by atoms with Gasteiger partial charge in [-0.05, 0) is 6.07 Å². The lowest BCUT2D eigenvalue weighted by Crippen LogP contribution is -1.82. The van der Waals surface area contributed by atoms with Gasteiger partial charge in [0.05, 0.1) is 12.0 Å². The molecule has 0 fully saturated rings. The summed E-state index contributed by atoms with van der Waals surface area (Å²) in [6.45, 7) is 0. The first-order valence-corrected chi connectivity index (χ1v) is 4.41. The third-order valence-electron chi connectivity index (χ3n) is 2.27. The molecule has 2 aromatic rings. The summed E-state index contributed by atoms with van der Waals surface area (Å²) in [5.74, 6) is 0.865. The third-order valence-corrected chi connectivity index (χ3v) is 2.27. The molecule has 3 rings (SSSR count). The van der Waals surface area contributed by atoms with Crippen molar-refractivity contribution >= 4 is 6.08 Å². The minimum atomic E-state index is 0.865. The van der Waals surface area contributed by atoms with Gasteiger partial charge in [-0.3, -0.25) is 5.10 Å². The standard InChI is InChI=1S/C11H8N2O/c1-2-4-11-8(3-1)9-7-12-13-10(9)5-6-14-11/h1-7H,(H,12,13). The van der Waals surface area contributed by atoms with E-state index < -0.39 is 0 Å². The number of H-pyrrole nitrogens is 1. The molecule has 1 aliphatic rings. The fourth-order valence-electron chi connectivity index (χ4n) is 1.61. The van der Waals surface area contributed by atoms with Gasteiger partial charge < -0.3 is 4.74 Å². The van der Waals surface area contributed by atoms with Crippen molar-refractivity contribution in [2.24, 2.45) is 0 Å². The van der Waals surface area contributed by atoms with Crippen molar-refractivity contribution < 1.29 is 4.74 Å². The number of aromatic nitrogens is 2. The minimum absolute atomic E-state index is 0.865. The first-order chi connectivity index (χ1) is 6.95. The largest absolute Gasteiger partial charge is 0.464 e. The Morgan fingerprint density at radius 2 is 2.07 bits per heavy atom. The second kappa shape index (κ2) is 2.73. The summed E-state index contributed by atoms with van der Waals surface area (Å²) in [4.78, 5) is 0. The average molecular weight is 184 g/mol. The number of aromatic amines is 1. The van der Waals surface area contributed by atoms with Gasteiger partial charge in [0.15, 0.2) is 0 Å². The molecule has 0 saturated heterocycles. The molecule has 1 aromatic heterocycles. The lowest BCUT2D eigenvalue weighted by Gasteiger charge is -2.03. The van der Waals surface area contributed by atoms with Crippen LogP contribution >= 0.6 is 0 Å². The first-order valence-electron chi connectivity index (χ1n) is 4.41. The maximum atomic E-state index is 5.45. The van der Waals surface area contributed by atoms with Crippen LogP contribution in [0.25, 0.3) is 17.2 Å². The third kappa shape index (κ3) is 0.956. The van der Waals surface area contributed by atoms with E-state index in [1.165, 1.54) is 0 Å². The van der Waals surface area contributed by atoms with E-state index in [4.69, 9.17) is 4.74 Å². The summed E-state index contributed by atoms with van der Waals surface area (Å²) in [6.07, 6.45) is 5.39. The number of ether oxygens (including phenoxy) is 1. The number of hydrogen-bond acceptors (Lipinski definition) is 2. The van der Waals surface area contributed by atoms with E-state index in [1.54, 1.807) is 6.26 Å². The molecular weight excluding hydrogens is 176 g/mol. The molecule has 2 heterocycles. The molecule has 1 N–H and O–H groups in total. The van der Waals surface area contributed by atoms with E-state index in [9.17, 15) is 0 Å². The van der Waals surface area contributed by atoms with Crippen molar-refractivity contribution in [1.29, 1.82) is 0 Å². The van der Waals surface area contributed by atoms with Gasteiger partial charge in [0.2, 0.25) is 0 Å². The number of nitrogens with zero attached hydrogens (tertiary/aromatic N) is 1. The highest BCUT2D eigenvalue weighted by Crippen LogP contribution is 2.33. The van der Waals surface area contributed by atoms with Crippen LogP contribution in [0.1, 0.15) is 5.69 Å². The second-order valence-electron chi connectivity index (χ2n) is 3.10. The quantitative estimate of drug-likeness (QED) is 0.682. The van der Waals surface area contributed by atoms with E-state index in [1.807, 2.05) is 36.5 Å². The molecule has 0 saturated carbocycles. The molecule has 0 unspecified atom stereocenters. The molecule has 14 heavy (non-hydrogen) atoms. The van der Waals surface area contributed by atoms with Gasteiger partial charge >= 0.3 is 0 Å². The molecule has 0 amide bonds. The van der Waals surface area contributed by atoms with E-state index in [0.717, 1.165) is 22.6 Å². The molecule has 0 aliphatic carbocycles. The van der Waals surface area contributed by atoms with Crippen LogP contribution in [0.3, 0.4) is 0 Å². The summed E-state index contributed by atoms with van der Waals surface area (Å²) in [5, 5.41) is 6.98. The summed E-state index contributed by atoms with van der Waals surface area (Å²) < 4.78 is 5.45. The Kier molecular flexibility index (Phi) is 1.44. The van der Waals surface area contributed by atoms with Gasteiger partial charge in [0.1, 0.15) is 5.75 Å². The Morgan fingerprint density at radius 1 is 1.14 bits per heavy atom. The maximum Gasteiger partial charge on any atom is 0.134 e. The molecule has 1 aliphatic heterocycles. The van der Waals surface area contributed by atoms with Crippen LogP contribution in [0.5, 0.6) is 5.75 Å². The summed E-state index contributed by atoms with van der Waals surface area (Å²) in [7, 11) is 0. The van der Waals surface area contributed by atoms with Crippen LogP contribution in [-0.4, -0.2) is 10.2 Å². The van der Waals surface area contributed by atoms with Crippen molar-refractivity contribution in [2.75, 3.05) is 0 Å². The van der Waals surface area contributed by atoms with Crippen LogP contribution in [0.4, 0.5) is 0 Å². The predicted molar refractivity (Wildman–Crippen MR) is 53.7 cm³/mol. The number of para-hydroxylation sites is 1. The van der Waals surface area contributed by atoms with Crippen molar-refractivity contribution in [3.05, 3.63) is 42.4 Å². The number of hydrogen-bond donors (Lipinski definition) is 1. The number of rotatable bonds is 0. The van der Waals surface area contributed by atoms with Crippen molar-refractivity contribution in [2.45, 2.75) is 0 Å². The minimum Gasteiger partial charge on any atom is -0.464 e. The Bertz CT molecular complexity index is 499. The fraction of sp³-hybridized carbons (Fsp3) is 0. The van der Waals surface area contributed by atoms with Gasteiger partial charge in [-0.1, -0.05) is 18.2 Å². The molecule has 3 nitrogen and oxygen atoms in total. The van der Waals surface area contributed by atoms with Crippen molar-refractivity contribution in [3.8, 4) is 16.9 Å². The van der Waals surface area contributed by atoms with Crippen LogP contribution < -0.4 is 4.74 Å². The van der Waals surface area contributed by atoms with E-state index in [0.29, 0.717) is 0 Å². The topological polar surface area (TPSA) is 37.9 Å². The predicted octanol–water partition coefficient (Wildman–Crippen LogP) is 2.44. The Hall–Kier alpha value is -2.03.